The average Bonchev–Trinajstić information content (AvgIpc) is 2.96. The first kappa shape index (κ1) is 14.8. The molecule has 2 aromatic rings. The Morgan fingerprint density at radius 2 is 1.90 bits per heavy atom. The van der Waals surface area contributed by atoms with E-state index in [-0.39, 0.29) is 5.91 Å². The average molecular weight is 287 g/mol. The molecule has 0 bridgehead atoms. The Morgan fingerprint density at radius 3 is 2.52 bits per heavy atom. The second-order valence-electron chi connectivity index (χ2n) is 4.87. The summed E-state index contributed by atoms with van der Waals surface area (Å²) in [4.78, 5) is 27.2. The van der Waals surface area contributed by atoms with E-state index in [1.54, 1.807) is 24.7 Å². The number of nitrogens with zero attached hydrogens (tertiary/aromatic N) is 2. The van der Waals surface area contributed by atoms with Crippen LogP contribution < -0.4 is 5.32 Å². The molecule has 0 aliphatic carbocycles. The number of carbonyl (C=O) groups is 2. The fourth-order valence-corrected chi connectivity index (χ4v) is 1.88. The predicted molar refractivity (Wildman–Crippen MR) is 77.3 cm³/mol. The standard InChI is InChI=1S/C15H17N3O3/c1-10(15(20)21)11(2)17-14(19)13-8-16-9-18(13)12-6-4-3-5-7-12/h3-11H,1-2H3,(H,17,19)(H,20,21). The van der Waals surface area contributed by atoms with Crippen LogP contribution in [0.4, 0.5) is 0 Å². The third-order valence-electron chi connectivity index (χ3n) is 3.40. The third kappa shape index (κ3) is 3.28. The van der Waals surface area contributed by atoms with Gasteiger partial charge in [-0.1, -0.05) is 18.2 Å². The van der Waals surface area contributed by atoms with E-state index in [2.05, 4.69) is 10.3 Å². The lowest BCUT2D eigenvalue weighted by atomic mass is 10.0. The number of hydrogen-bond acceptors (Lipinski definition) is 3. The lowest BCUT2D eigenvalue weighted by Gasteiger charge is -2.18. The van der Waals surface area contributed by atoms with Gasteiger partial charge in [0.2, 0.25) is 0 Å². The molecule has 6 nitrogen and oxygen atoms in total. The summed E-state index contributed by atoms with van der Waals surface area (Å²) in [7, 11) is 0. The van der Waals surface area contributed by atoms with E-state index in [1.165, 1.54) is 6.20 Å². The zero-order valence-corrected chi connectivity index (χ0v) is 11.9. The van der Waals surface area contributed by atoms with E-state index in [0.717, 1.165) is 5.69 Å². The molecule has 1 amide bonds. The van der Waals surface area contributed by atoms with Gasteiger partial charge >= 0.3 is 5.97 Å². The molecule has 0 saturated heterocycles. The molecule has 0 saturated carbocycles. The summed E-state index contributed by atoms with van der Waals surface area (Å²) >= 11 is 0. The highest BCUT2D eigenvalue weighted by Crippen LogP contribution is 2.11. The van der Waals surface area contributed by atoms with Crippen LogP contribution in [0.2, 0.25) is 0 Å². The number of carboxylic acid groups (broad SMARTS) is 1. The summed E-state index contributed by atoms with van der Waals surface area (Å²) in [5.41, 5.74) is 1.18. The van der Waals surface area contributed by atoms with Crippen molar-refractivity contribution in [2.45, 2.75) is 19.9 Å². The Kier molecular flexibility index (Phi) is 4.37. The molecular weight excluding hydrogens is 270 g/mol. The molecule has 2 unspecified atom stereocenters. The highest BCUT2D eigenvalue weighted by molar-refractivity contribution is 5.93. The molecule has 2 N–H and O–H groups in total. The number of aromatic nitrogens is 2. The van der Waals surface area contributed by atoms with E-state index < -0.39 is 17.9 Å². The fourth-order valence-electron chi connectivity index (χ4n) is 1.88. The summed E-state index contributed by atoms with van der Waals surface area (Å²) in [5.74, 6) is -1.96. The molecule has 2 atom stereocenters. The van der Waals surface area contributed by atoms with Gasteiger partial charge in [-0.3, -0.25) is 14.2 Å². The normalized spacial score (nSPS) is 13.4. The van der Waals surface area contributed by atoms with Gasteiger partial charge in [0.05, 0.1) is 18.4 Å². The van der Waals surface area contributed by atoms with Gasteiger partial charge in [0.25, 0.3) is 5.91 Å². The van der Waals surface area contributed by atoms with Gasteiger partial charge in [-0.25, -0.2) is 4.98 Å². The lowest BCUT2D eigenvalue weighted by molar-refractivity contribution is -0.141. The number of benzene rings is 1. The summed E-state index contributed by atoms with van der Waals surface area (Å²) in [6.07, 6.45) is 3.01. The molecule has 110 valence electrons. The van der Waals surface area contributed by atoms with Gasteiger partial charge in [0, 0.05) is 11.7 Å². The monoisotopic (exact) mass is 287 g/mol. The molecule has 1 aromatic heterocycles. The number of amides is 1. The van der Waals surface area contributed by atoms with Crippen LogP contribution in [-0.2, 0) is 4.79 Å². The first-order chi connectivity index (χ1) is 10.0. The predicted octanol–water partition coefficient (Wildman–Crippen LogP) is 1.71. The Bertz CT molecular complexity index is 637. The van der Waals surface area contributed by atoms with Crippen LogP contribution in [0.3, 0.4) is 0 Å². The number of imidazole rings is 1. The van der Waals surface area contributed by atoms with Crippen molar-refractivity contribution in [1.29, 1.82) is 0 Å². The Morgan fingerprint density at radius 1 is 1.24 bits per heavy atom. The molecule has 0 aliphatic rings. The Balaban J connectivity index is 2.18. The minimum Gasteiger partial charge on any atom is -0.481 e. The summed E-state index contributed by atoms with van der Waals surface area (Å²) in [6.45, 7) is 3.22. The maximum Gasteiger partial charge on any atom is 0.308 e. The minimum absolute atomic E-state index is 0.350. The van der Waals surface area contributed by atoms with Crippen molar-refractivity contribution in [2.75, 3.05) is 0 Å². The molecule has 0 radical (unpaired) electrons. The van der Waals surface area contributed by atoms with Gasteiger partial charge in [0.1, 0.15) is 5.69 Å². The zero-order valence-electron chi connectivity index (χ0n) is 11.9. The molecule has 1 aromatic carbocycles. The van der Waals surface area contributed by atoms with Gasteiger partial charge in [-0.2, -0.15) is 0 Å². The van der Waals surface area contributed by atoms with Crippen molar-refractivity contribution in [2.24, 2.45) is 5.92 Å². The molecule has 21 heavy (non-hydrogen) atoms. The highest BCUT2D eigenvalue weighted by atomic mass is 16.4. The van der Waals surface area contributed by atoms with Crippen LogP contribution >= 0.6 is 0 Å². The maximum atomic E-state index is 12.3. The number of aliphatic carboxylic acids is 1. The number of para-hydroxylation sites is 1. The molecular formula is C15H17N3O3. The fraction of sp³-hybridized carbons (Fsp3) is 0.267. The SMILES string of the molecule is CC(NC(=O)c1cncn1-c1ccccc1)C(C)C(=O)O. The first-order valence-corrected chi connectivity index (χ1v) is 6.62. The summed E-state index contributed by atoms with van der Waals surface area (Å²) in [6, 6.07) is 8.87. The zero-order chi connectivity index (χ0) is 15.4. The van der Waals surface area contributed by atoms with E-state index in [0.29, 0.717) is 5.69 Å². The number of rotatable bonds is 5. The molecule has 0 fully saturated rings. The van der Waals surface area contributed by atoms with Crippen molar-refractivity contribution in [3.05, 3.63) is 48.5 Å². The van der Waals surface area contributed by atoms with Crippen LogP contribution in [-0.4, -0.2) is 32.6 Å². The minimum atomic E-state index is -0.945. The quantitative estimate of drug-likeness (QED) is 0.876. The smallest absolute Gasteiger partial charge is 0.308 e. The van der Waals surface area contributed by atoms with Crippen LogP contribution in [0, 0.1) is 5.92 Å². The topological polar surface area (TPSA) is 84.2 Å². The summed E-state index contributed by atoms with van der Waals surface area (Å²) in [5, 5.41) is 11.7. The second kappa shape index (κ2) is 6.21. The van der Waals surface area contributed by atoms with Crippen molar-refractivity contribution in [3.63, 3.8) is 0 Å². The number of carbonyl (C=O) groups excluding carboxylic acids is 1. The Hall–Kier alpha value is -2.63. The molecule has 1 heterocycles. The third-order valence-corrected chi connectivity index (χ3v) is 3.40. The van der Waals surface area contributed by atoms with Gasteiger partial charge in [-0.05, 0) is 26.0 Å². The highest BCUT2D eigenvalue weighted by Gasteiger charge is 2.23. The largest absolute Gasteiger partial charge is 0.481 e. The molecule has 6 heteroatoms. The molecule has 2 rings (SSSR count). The molecule has 0 aliphatic heterocycles. The van der Waals surface area contributed by atoms with E-state index in [1.807, 2.05) is 30.3 Å². The van der Waals surface area contributed by atoms with Crippen molar-refractivity contribution in [3.8, 4) is 5.69 Å². The lowest BCUT2D eigenvalue weighted by Crippen LogP contribution is -2.40. The van der Waals surface area contributed by atoms with Gasteiger partial charge < -0.3 is 10.4 Å². The first-order valence-electron chi connectivity index (χ1n) is 6.62. The number of nitrogens with one attached hydrogen (secondary N) is 1. The van der Waals surface area contributed by atoms with Crippen LogP contribution in [0.15, 0.2) is 42.9 Å². The van der Waals surface area contributed by atoms with E-state index >= 15 is 0 Å². The van der Waals surface area contributed by atoms with Crippen molar-refractivity contribution >= 4 is 11.9 Å². The van der Waals surface area contributed by atoms with Crippen LogP contribution in [0.1, 0.15) is 24.3 Å². The number of carboxylic acids is 1. The summed E-state index contributed by atoms with van der Waals surface area (Å²) < 4.78 is 1.66. The molecule has 0 spiro atoms. The van der Waals surface area contributed by atoms with Crippen molar-refractivity contribution < 1.29 is 14.7 Å². The van der Waals surface area contributed by atoms with Crippen molar-refractivity contribution in [1.82, 2.24) is 14.9 Å². The van der Waals surface area contributed by atoms with Crippen LogP contribution in [0.5, 0.6) is 0 Å². The Labute approximate surface area is 122 Å². The van der Waals surface area contributed by atoms with E-state index in [4.69, 9.17) is 5.11 Å². The number of hydrogen-bond donors (Lipinski definition) is 2. The van der Waals surface area contributed by atoms with Gasteiger partial charge in [0.15, 0.2) is 0 Å². The maximum absolute atomic E-state index is 12.3. The second-order valence-corrected chi connectivity index (χ2v) is 4.87. The van der Waals surface area contributed by atoms with E-state index in [9.17, 15) is 9.59 Å². The van der Waals surface area contributed by atoms with Gasteiger partial charge in [-0.15, -0.1) is 0 Å². The van der Waals surface area contributed by atoms with Crippen LogP contribution in [0.25, 0.3) is 5.69 Å².